The van der Waals surface area contributed by atoms with E-state index < -0.39 is 4.92 Å². The van der Waals surface area contributed by atoms with E-state index >= 15 is 0 Å². The highest BCUT2D eigenvalue weighted by molar-refractivity contribution is 5.99. The zero-order valence-electron chi connectivity index (χ0n) is 12.0. The number of nitro groups is 1. The molecule has 0 aliphatic heterocycles. The third kappa shape index (κ3) is 3.59. The van der Waals surface area contributed by atoms with E-state index in [1.807, 2.05) is 0 Å². The lowest BCUT2D eigenvalue weighted by molar-refractivity contribution is -0.384. The molecule has 6 heteroatoms. The van der Waals surface area contributed by atoms with Crippen molar-refractivity contribution >= 4 is 17.3 Å². The summed E-state index contributed by atoms with van der Waals surface area (Å²) in [6.07, 6.45) is 7.33. The number of non-ortho nitro benzene ring substituents is 1. The summed E-state index contributed by atoms with van der Waals surface area (Å²) >= 11 is 0. The fourth-order valence-corrected chi connectivity index (χ4v) is 2.54. The maximum atomic E-state index is 12.4. The van der Waals surface area contributed by atoms with Gasteiger partial charge in [0, 0.05) is 31.4 Å². The number of nitro benzene ring substituents is 1. The normalized spacial score (nSPS) is 17.5. The molecule has 0 spiro atoms. The molecule has 1 aliphatic carbocycles. The molecular formula is C15H19N3O3. The van der Waals surface area contributed by atoms with Gasteiger partial charge in [-0.25, -0.2) is 0 Å². The van der Waals surface area contributed by atoms with E-state index in [9.17, 15) is 14.9 Å². The van der Waals surface area contributed by atoms with Crippen molar-refractivity contribution in [3.63, 3.8) is 0 Å². The van der Waals surface area contributed by atoms with Crippen LogP contribution in [0.4, 0.5) is 11.4 Å². The molecule has 1 amide bonds. The average Bonchev–Trinajstić information content (AvgIpc) is 2.47. The SMILES string of the molecule is CN(C[C@@H]1CC=CCC1)C(=O)c1cc([N+](=O)[O-])ccc1N. The van der Waals surface area contributed by atoms with Crippen molar-refractivity contribution in [3.05, 3.63) is 46.0 Å². The number of carbonyl (C=O) groups is 1. The van der Waals surface area contributed by atoms with Crippen molar-refractivity contribution in [2.75, 3.05) is 19.3 Å². The standard InChI is InChI=1S/C15H19N3O3/c1-17(10-11-5-3-2-4-6-11)15(19)13-9-12(18(20)21)7-8-14(13)16/h2-3,7-9,11H,4-6,10,16H2,1H3/t11-/m1/s1. The lowest BCUT2D eigenvalue weighted by Gasteiger charge is -2.25. The molecule has 0 aromatic heterocycles. The highest BCUT2D eigenvalue weighted by Gasteiger charge is 2.21. The molecule has 1 aromatic rings. The quantitative estimate of drug-likeness (QED) is 0.399. The first-order valence-electron chi connectivity index (χ1n) is 6.93. The van der Waals surface area contributed by atoms with E-state index in [4.69, 9.17) is 5.73 Å². The van der Waals surface area contributed by atoms with Crippen LogP contribution in [-0.4, -0.2) is 29.3 Å². The molecule has 0 unspecified atom stereocenters. The molecular weight excluding hydrogens is 270 g/mol. The van der Waals surface area contributed by atoms with Crippen LogP contribution in [0, 0.1) is 16.0 Å². The molecule has 2 rings (SSSR count). The Hall–Kier alpha value is -2.37. The topological polar surface area (TPSA) is 89.5 Å². The summed E-state index contributed by atoms with van der Waals surface area (Å²) in [7, 11) is 1.71. The van der Waals surface area contributed by atoms with Crippen molar-refractivity contribution in [1.29, 1.82) is 0 Å². The van der Waals surface area contributed by atoms with E-state index in [2.05, 4.69) is 12.2 Å². The summed E-state index contributed by atoms with van der Waals surface area (Å²) in [5, 5.41) is 10.8. The van der Waals surface area contributed by atoms with Gasteiger partial charge < -0.3 is 10.6 Å². The highest BCUT2D eigenvalue weighted by atomic mass is 16.6. The fraction of sp³-hybridized carbons (Fsp3) is 0.400. The number of anilines is 1. The molecule has 2 N–H and O–H groups in total. The molecule has 21 heavy (non-hydrogen) atoms. The van der Waals surface area contributed by atoms with Gasteiger partial charge in [-0.1, -0.05) is 12.2 Å². The van der Waals surface area contributed by atoms with Crippen LogP contribution in [0.1, 0.15) is 29.6 Å². The second kappa shape index (κ2) is 6.39. The van der Waals surface area contributed by atoms with Gasteiger partial charge >= 0.3 is 0 Å². The molecule has 0 saturated heterocycles. The molecule has 0 bridgehead atoms. The molecule has 112 valence electrons. The first-order valence-corrected chi connectivity index (χ1v) is 6.93. The maximum Gasteiger partial charge on any atom is 0.270 e. The number of allylic oxidation sites excluding steroid dienone is 2. The van der Waals surface area contributed by atoms with Gasteiger partial charge in [-0.05, 0) is 31.2 Å². The van der Waals surface area contributed by atoms with Crippen LogP contribution in [0.2, 0.25) is 0 Å². The first-order chi connectivity index (χ1) is 9.99. The van der Waals surface area contributed by atoms with Gasteiger partial charge in [-0.3, -0.25) is 14.9 Å². The third-order valence-electron chi connectivity index (χ3n) is 3.73. The van der Waals surface area contributed by atoms with E-state index in [0.717, 1.165) is 19.3 Å². The summed E-state index contributed by atoms with van der Waals surface area (Å²) < 4.78 is 0. The van der Waals surface area contributed by atoms with E-state index in [1.165, 1.54) is 18.2 Å². The number of hydrogen-bond acceptors (Lipinski definition) is 4. The summed E-state index contributed by atoms with van der Waals surface area (Å²) in [5.74, 6) is 0.162. The molecule has 1 atom stereocenters. The van der Waals surface area contributed by atoms with Crippen molar-refractivity contribution in [1.82, 2.24) is 4.90 Å². The Balaban J connectivity index is 2.13. The Morgan fingerprint density at radius 3 is 2.86 bits per heavy atom. The Labute approximate surface area is 123 Å². The molecule has 0 radical (unpaired) electrons. The Morgan fingerprint density at radius 1 is 1.48 bits per heavy atom. The minimum atomic E-state index is -0.526. The van der Waals surface area contributed by atoms with Crippen LogP contribution in [0.15, 0.2) is 30.4 Å². The smallest absolute Gasteiger partial charge is 0.270 e. The fourth-order valence-electron chi connectivity index (χ4n) is 2.54. The van der Waals surface area contributed by atoms with Crippen LogP contribution in [0.25, 0.3) is 0 Å². The number of nitrogen functional groups attached to an aromatic ring is 1. The molecule has 0 fully saturated rings. The Kier molecular flexibility index (Phi) is 4.57. The summed E-state index contributed by atoms with van der Waals surface area (Å²) in [4.78, 5) is 24.3. The van der Waals surface area contributed by atoms with Crippen molar-refractivity contribution in [2.24, 2.45) is 5.92 Å². The number of carbonyl (C=O) groups excluding carboxylic acids is 1. The zero-order valence-corrected chi connectivity index (χ0v) is 12.0. The number of benzene rings is 1. The molecule has 0 heterocycles. The number of rotatable bonds is 4. The van der Waals surface area contributed by atoms with Gasteiger partial charge in [0.25, 0.3) is 11.6 Å². The number of nitrogens with zero attached hydrogens (tertiary/aromatic N) is 2. The van der Waals surface area contributed by atoms with Crippen LogP contribution in [0.3, 0.4) is 0 Å². The number of hydrogen-bond donors (Lipinski definition) is 1. The second-order valence-electron chi connectivity index (χ2n) is 5.36. The molecule has 6 nitrogen and oxygen atoms in total. The van der Waals surface area contributed by atoms with Crippen LogP contribution < -0.4 is 5.73 Å². The maximum absolute atomic E-state index is 12.4. The predicted molar refractivity (Wildman–Crippen MR) is 81.0 cm³/mol. The van der Waals surface area contributed by atoms with Crippen LogP contribution in [-0.2, 0) is 0 Å². The summed E-state index contributed by atoms with van der Waals surface area (Å²) in [6, 6.07) is 3.95. The predicted octanol–water partition coefficient (Wildman–Crippen LogP) is 2.61. The largest absolute Gasteiger partial charge is 0.398 e. The monoisotopic (exact) mass is 289 g/mol. The van der Waals surface area contributed by atoms with E-state index in [0.29, 0.717) is 12.5 Å². The average molecular weight is 289 g/mol. The number of nitrogens with two attached hydrogens (primary N) is 1. The van der Waals surface area contributed by atoms with Gasteiger partial charge in [-0.15, -0.1) is 0 Å². The van der Waals surface area contributed by atoms with E-state index in [-0.39, 0.29) is 22.8 Å². The van der Waals surface area contributed by atoms with Crippen LogP contribution >= 0.6 is 0 Å². The Morgan fingerprint density at radius 2 is 2.24 bits per heavy atom. The minimum absolute atomic E-state index is 0.124. The van der Waals surface area contributed by atoms with Gasteiger partial charge in [-0.2, -0.15) is 0 Å². The minimum Gasteiger partial charge on any atom is -0.398 e. The Bertz CT molecular complexity index is 584. The molecule has 1 aliphatic rings. The zero-order chi connectivity index (χ0) is 15.4. The van der Waals surface area contributed by atoms with Crippen molar-refractivity contribution in [3.8, 4) is 0 Å². The van der Waals surface area contributed by atoms with Crippen molar-refractivity contribution < 1.29 is 9.72 Å². The summed E-state index contributed by atoms with van der Waals surface area (Å²) in [6.45, 7) is 0.630. The first kappa shape index (κ1) is 15.0. The van der Waals surface area contributed by atoms with Gasteiger partial charge in [0.1, 0.15) is 0 Å². The van der Waals surface area contributed by atoms with Gasteiger partial charge in [0.15, 0.2) is 0 Å². The third-order valence-corrected chi connectivity index (χ3v) is 3.73. The second-order valence-corrected chi connectivity index (χ2v) is 5.36. The molecule has 0 saturated carbocycles. The van der Waals surface area contributed by atoms with E-state index in [1.54, 1.807) is 11.9 Å². The van der Waals surface area contributed by atoms with Gasteiger partial charge in [0.2, 0.25) is 0 Å². The van der Waals surface area contributed by atoms with Crippen molar-refractivity contribution in [2.45, 2.75) is 19.3 Å². The molecule has 1 aromatic carbocycles. The lowest BCUT2D eigenvalue weighted by Crippen LogP contribution is -2.32. The highest BCUT2D eigenvalue weighted by Crippen LogP contribution is 2.23. The number of amides is 1. The van der Waals surface area contributed by atoms with Crippen LogP contribution in [0.5, 0.6) is 0 Å². The van der Waals surface area contributed by atoms with Gasteiger partial charge in [0.05, 0.1) is 10.5 Å². The summed E-state index contributed by atoms with van der Waals surface area (Å²) in [5.41, 5.74) is 6.11. The lowest BCUT2D eigenvalue weighted by atomic mass is 9.94.